The van der Waals surface area contributed by atoms with Gasteiger partial charge in [-0.25, -0.2) is 18.2 Å². The van der Waals surface area contributed by atoms with Crippen molar-refractivity contribution in [3.63, 3.8) is 0 Å². The zero-order valence-electron chi connectivity index (χ0n) is 14.5. The average molecular weight is 371 g/mol. The summed E-state index contributed by atoms with van der Waals surface area (Å²) in [4.78, 5) is 6.24. The van der Waals surface area contributed by atoms with Crippen LogP contribution in [0.3, 0.4) is 0 Å². The highest BCUT2D eigenvalue weighted by Crippen LogP contribution is 2.31. The fraction of sp³-hybridized carbons (Fsp3) is 0.150. The predicted octanol–water partition coefficient (Wildman–Crippen LogP) is 4.22. The number of aliphatic hydroxyl groups excluding tert-OH is 1. The van der Waals surface area contributed by atoms with E-state index in [0.717, 1.165) is 6.07 Å². The molecular weight excluding hydrogens is 355 g/mol. The number of rotatable bonds is 3. The number of imidazole rings is 1. The van der Waals surface area contributed by atoms with Crippen LogP contribution in [0, 0.1) is 24.4 Å². The Morgan fingerprint density at radius 3 is 2.67 bits per heavy atom. The van der Waals surface area contributed by atoms with Crippen molar-refractivity contribution in [2.45, 2.75) is 20.2 Å². The van der Waals surface area contributed by atoms with Crippen molar-refractivity contribution in [3.8, 4) is 11.3 Å². The van der Waals surface area contributed by atoms with Crippen LogP contribution in [-0.4, -0.2) is 14.7 Å². The lowest BCUT2D eigenvalue weighted by Gasteiger charge is -2.27. The number of nitrogens with zero attached hydrogens (tertiary/aromatic N) is 3. The largest absolute Gasteiger partial charge is 0.391 e. The van der Waals surface area contributed by atoms with Crippen LogP contribution in [0.25, 0.3) is 17.3 Å². The van der Waals surface area contributed by atoms with Crippen molar-refractivity contribution in [2.75, 3.05) is 4.90 Å². The van der Waals surface area contributed by atoms with Crippen molar-refractivity contribution in [2.24, 2.45) is 0 Å². The molecule has 0 fully saturated rings. The summed E-state index contributed by atoms with van der Waals surface area (Å²) in [7, 11) is 0. The Labute approximate surface area is 153 Å². The van der Waals surface area contributed by atoms with Crippen molar-refractivity contribution in [1.82, 2.24) is 9.55 Å². The molecule has 1 aliphatic rings. The van der Waals surface area contributed by atoms with Gasteiger partial charge in [0.2, 0.25) is 0 Å². The third kappa shape index (κ3) is 2.90. The Bertz CT molecular complexity index is 1060. The summed E-state index contributed by atoms with van der Waals surface area (Å²) in [5, 5.41) is 9.50. The van der Waals surface area contributed by atoms with Crippen LogP contribution in [0.1, 0.15) is 17.1 Å². The second kappa shape index (κ2) is 6.59. The van der Waals surface area contributed by atoms with E-state index in [4.69, 9.17) is 0 Å². The number of anilines is 1. The molecule has 138 valence electrons. The van der Waals surface area contributed by atoms with Crippen LogP contribution in [0.5, 0.6) is 0 Å². The van der Waals surface area contributed by atoms with E-state index in [-0.39, 0.29) is 11.1 Å². The minimum atomic E-state index is -0.679. The minimum absolute atomic E-state index is 0.202. The van der Waals surface area contributed by atoms with Gasteiger partial charge in [-0.1, -0.05) is 6.07 Å². The van der Waals surface area contributed by atoms with Crippen molar-refractivity contribution < 1.29 is 18.3 Å². The van der Waals surface area contributed by atoms with Gasteiger partial charge < -0.3 is 14.6 Å². The molecule has 0 amide bonds. The molecule has 0 saturated carbocycles. The smallest absolute Gasteiger partial charge is 0.136 e. The minimum Gasteiger partial charge on any atom is -0.391 e. The Morgan fingerprint density at radius 2 is 1.93 bits per heavy atom. The normalized spacial score (nSPS) is 13.1. The van der Waals surface area contributed by atoms with Gasteiger partial charge in [-0.05, 0) is 37.3 Å². The number of aromatic nitrogens is 2. The van der Waals surface area contributed by atoms with Crippen LogP contribution in [0.4, 0.5) is 18.9 Å². The van der Waals surface area contributed by atoms with Crippen LogP contribution < -0.4 is 4.90 Å². The first-order valence-corrected chi connectivity index (χ1v) is 8.35. The van der Waals surface area contributed by atoms with Crippen LogP contribution in [0.15, 0.2) is 42.6 Å². The molecular formula is C20H16F3N3O. The van der Waals surface area contributed by atoms with E-state index in [1.165, 1.54) is 18.2 Å². The van der Waals surface area contributed by atoms with Gasteiger partial charge in [-0.3, -0.25) is 0 Å². The zero-order valence-corrected chi connectivity index (χ0v) is 14.5. The first-order valence-electron chi connectivity index (χ1n) is 8.35. The summed E-state index contributed by atoms with van der Waals surface area (Å²) in [6, 6.07) is 7.98. The standard InChI is InChI=1S/C20H16F3N3O/c1-12-20(14-6-5-13(21)9-17(14)23)24-19-7-8-25(11-26(12)19)18-4-2-3-16(22)15(18)10-27/h2-9,27H,10-11H2,1H3. The number of benzene rings is 2. The van der Waals surface area contributed by atoms with Crippen molar-refractivity contribution in [1.29, 1.82) is 0 Å². The fourth-order valence-electron chi connectivity index (χ4n) is 3.28. The molecule has 1 aromatic heterocycles. The molecule has 0 atom stereocenters. The topological polar surface area (TPSA) is 41.3 Å². The molecule has 1 N–H and O–H groups in total. The highest BCUT2D eigenvalue weighted by Gasteiger charge is 2.22. The number of halogens is 3. The molecule has 4 nitrogen and oxygen atoms in total. The van der Waals surface area contributed by atoms with E-state index in [1.807, 2.05) is 4.57 Å². The number of aliphatic hydroxyl groups is 1. The molecule has 0 bridgehead atoms. The Morgan fingerprint density at radius 1 is 1.11 bits per heavy atom. The molecule has 0 aliphatic carbocycles. The highest BCUT2D eigenvalue weighted by atomic mass is 19.1. The number of hydrogen-bond donors (Lipinski definition) is 1. The van der Waals surface area contributed by atoms with E-state index in [1.54, 1.807) is 36.2 Å². The SMILES string of the molecule is Cc1c(-c2ccc(F)cc2F)nc2n1CN(c1cccc(F)c1CO)C=C2. The first kappa shape index (κ1) is 17.4. The predicted molar refractivity (Wildman–Crippen MR) is 96.2 cm³/mol. The quantitative estimate of drug-likeness (QED) is 0.750. The summed E-state index contributed by atoms with van der Waals surface area (Å²) in [5.74, 6) is -1.19. The van der Waals surface area contributed by atoms with E-state index in [2.05, 4.69) is 4.98 Å². The van der Waals surface area contributed by atoms with Crippen molar-refractivity contribution >= 4 is 11.8 Å². The Balaban J connectivity index is 1.74. The number of fused-ring (bicyclic) bond motifs is 1. The molecule has 4 rings (SSSR count). The van der Waals surface area contributed by atoms with Gasteiger partial charge in [-0.2, -0.15) is 0 Å². The molecule has 3 aromatic rings. The van der Waals surface area contributed by atoms with Crippen LogP contribution in [0.2, 0.25) is 0 Å². The van der Waals surface area contributed by atoms with Gasteiger partial charge in [0.15, 0.2) is 0 Å². The molecule has 0 unspecified atom stereocenters. The lowest BCUT2D eigenvalue weighted by atomic mass is 10.1. The van der Waals surface area contributed by atoms with E-state index in [0.29, 0.717) is 29.6 Å². The highest BCUT2D eigenvalue weighted by molar-refractivity contribution is 5.67. The lowest BCUT2D eigenvalue weighted by molar-refractivity contribution is 0.276. The molecule has 27 heavy (non-hydrogen) atoms. The Kier molecular flexibility index (Phi) is 4.24. The third-order valence-corrected chi connectivity index (χ3v) is 4.70. The molecule has 2 aromatic carbocycles. The van der Waals surface area contributed by atoms with Crippen LogP contribution >= 0.6 is 0 Å². The van der Waals surface area contributed by atoms with Gasteiger partial charge >= 0.3 is 0 Å². The summed E-state index contributed by atoms with van der Waals surface area (Å²) in [5.41, 5.74) is 2.09. The maximum atomic E-state index is 14.2. The van der Waals surface area contributed by atoms with Crippen LogP contribution in [-0.2, 0) is 13.3 Å². The summed E-state index contributed by atoms with van der Waals surface area (Å²) >= 11 is 0. The summed E-state index contributed by atoms with van der Waals surface area (Å²) in [6.45, 7) is 1.70. The Hall–Kier alpha value is -3.06. The van der Waals surface area contributed by atoms with Gasteiger partial charge in [0.1, 0.15) is 29.9 Å². The maximum absolute atomic E-state index is 14.2. The maximum Gasteiger partial charge on any atom is 0.136 e. The summed E-state index contributed by atoms with van der Waals surface area (Å²) in [6.07, 6.45) is 3.47. The second-order valence-electron chi connectivity index (χ2n) is 6.28. The molecule has 1 aliphatic heterocycles. The monoisotopic (exact) mass is 371 g/mol. The van der Waals surface area contributed by atoms with E-state index in [9.17, 15) is 18.3 Å². The molecule has 2 heterocycles. The molecule has 0 spiro atoms. The summed E-state index contributed by atoms with van der Waals surface area (Å²) < 4.78 is 43.2. The number of hydrogen-bond acceptors (Lipinski definition) is 3. The van der Waals surface area contributed by atoms with Gasteiger partial charge in [-0.15, -0.1) is 0 Å². The fourth-order valence-corrected chi connectivity index (χ4v) is 3.28. The lowest BCUT2D eigenvalue weighted by Crippen LogP contribution is -2.26. The van der Waals surface area contributed by atoms with Gasteiger partial charge in [0.05, 0.1) is 18.0 Å². The van der Waals surface area contributed by atoms with Gasteiger partial charge in [0, 0.05) is 29.1 Å². The van der Waals surface area contributed by atoms with Gasteiger partial charge in [0.25, 0.3) is 0 Å². The molecule has 0 radical (unpaired) electrons. The van der Waals surface area contributed by atoms with Crippen molar-refractivity contribution in [3.05, 3.63) is 77.1 Å². The third-order valence-electron chi connectivity index (χ3n) is 4.70. The van der Waals surface area contributed by atoms with E-state index < -0.39 is 24.1 Å². The second-order valence-corrected chi connectivity index (χ2v) is 6.28. The average Bonchev–Trinajstić information content (AvgIpc) is 2.97. The zero-order chi connectivity index (χ0) is 19.1. The first-order chi connectivity index (χ1) is 13.0. The molecule has 0 saturated heterocycles. The molecule has 7 heteroatoms. The van der Waals surface area contributed by atoms with E-state index >= 15 is 0 Å².